The molecular formula is C23H22F2N2O3S. The van der Waals surface area contributed by atoms with Crippen LogP contribution >= 0.6 is 11.3 Å². The fourth-order valence-electron chi connectivity index (χ4n) is 3.90. The number of ketones is 1. The molecule has 0 aliphatic carbocycles. The van der Waals surface area contributed by atoms with Crippen LogP contribution in [0.25, 0.3) is 10.1 Å². The van der Waals surface area contributed by atoms with Crippen molar-refractivity contribution in [1.82, 2.24) is 4.90 Å². The van der Waals surface area contributed by atoms with Crippen LogP contribution in [-0.2, 0) is 11.3 Å². The van der Waals surface area contributed by atoms with Crippen molar-refractivity contribution in [2.24, 2.45) is 0 Å². The predicted molar refractivity (Wildman–Crippen MR) is 117 cm³/mol. The number of hydrogen-bond donors (Lipinski definition) is 0. The molecule has 1 saturated heterocycles. The second kappa shape index (κ2) is 8.72. The largest absolute Gasteiger partial charge is 0.380 e. The Balaban J connectivity index is 1.53. The second-order valence-electron chi connectivity index (χ2n) is 7.46. The third-order valence-electron chi connectivity index (χ3n) is 5.51. The molecule has 1 aliphatic heterocycles. The summed E-state index contributed by atoms with van der Waals surface area (Å²) < 4.78 is 34.8. The number of Topliss-reactive ketones (excluding diaryl/α,β-unsaturated/α-hetero) is 1. The zero-order valence-electron chi connectivity index (χ0n) is 17.3. The molecule has 2 aromatic carbocycles. The minimum absolute atomic E-state index is 0.148. The van der Waals surface area contributed by atoms with Crippen molar-refractivity contribution in [1.29, 1.82) is 0 Å². The number of piperazine rings is 1. The molecule has 5 nitrogen and oxygen atoms in total. The number of anilines is 1. The summed E-state index contributed by atoms with van der Waals surface area (Å²) in [5.41, 5.74) is 1.32. The number of methoxy groups -OCH3 is 1. The van der Waals surface area contributed by atoms with E-state index < -0.39 is 5.82 Å². The van der Waals surface area contributed by atoms with Crippen molar-refractivity contribution in [2.45, 2.75) is 13.5 Å². The van der Waals surface area contributed by atoms with Gasteiger partial charge in [-0.15, -0.1) is 11.3 Å². The molecule has 2 heterocycles. The highest BCUT2D eigenvalue weighted by atomic mass is 32.1. The highest BCUT2D eigenvalue weighted by molar-refractivity contribution is 7.21. The van der Waals surface area contributed by atoms with Gasteiger partial charge in [-0.25, -0.2) is 8.78 Å². The van der Waals surface area contributed by atoms with E-state index in [1.807, 2.05) is 4.90 Å². The van der Waals surface area contributed by atoms with Gasteiger partial charge in [0.2, 0.25) is 0 Å². The number of benzene rings is 2. The lowest BCUT2D eigenvalue weighted by molar-refractivity contribution is 0.0747. The van der Waals surface area contributed by atoms with Crippen LogP contribution in [0.1, 0.15) is 32.5 Å². The molecule has 162 valence electrons. The number of amides is 1. The Labute approximate surface area is 182 Å². The van der Waals surface area contributed by atoms with E-state index in [0.717, 1.165) is 0 Å². The van der Waals surface area contributed by atoms with Gasteiger partial charge in [-0.2, -0.15) is 0 Å². The summed E-state index contributed by atoms with van der Waals surface area (Å²) in [5.74, 6) is -1.17. The molecule has 1 aromatic heterocycles. The van der Waals surface area contributed by atoms with Crippen LogP contribution in [0, 0.1) is 11.6 Å². The van der Waals surface area contributed by atoms with E-state index in [2.05, 4.69) is 0 Å². The Bertz CT molecular complexity index is 1150. The molecule has 1 amide bonds. The number of halogens is 2. The maximum absolute atomic E-state index is 14.5. The quantitative estimate of drug-likeness (QED) is 0.544. The predicted octanol–water partition coefficient (Wildman–Crippen LogP) is 4.49. The van der Waals surface area contributed by atoms with Gasteiger partial charge < -0.3 is 14.5 Å². The second-order valence-corrected chi connectivity index (χ2v) is 8.51. The number of carbonyl (C=O) groups is 2. The van der Waals surface area contributed by atoms with Gasteiger partial charge in [-0.1, -0.05) is 6.07 Å². The van der Waals surface area contributed by atoms with E-state index in [-0.39, 0.29) is 24.1 Å². The van der Waals surface area contributed by atoms with Gasteiger partial charge in [-0.3, -0.25) is 9.59 Å². The van der Waals surface area contributed by atoms with Crippen LogP contribution in [0.2, 0.25) is 0 Å². The molecule has 0 spiro atoms. The molecule has 8 heteroatoms. The Morgan fingerprint density at radius 1 is 1.06 bits per heavy atom. The summed E-state index contributed by atoms with van der Waals surface area (Å²) in [6.07, 6.45) is 0. The van der Waals surface area contributed by atoms with E-state index in [9.17, 15) is 18.4 Å². The van der Waals surface area contributed by atoms with Crippen molar-refractivity contribution in [2.75, 3.05) is 38.2 Å². The summed E-state index contributed by atoms with van der Waals surface area (Å²) in [6.45, 7) is 3.29. The zero-order chi connectivity index (χ0) is 22.1. The minimum atomic E-state index is -0.449. The lowest BCUT2D eigenvalue weighted by atomic mass is 10.1. The first-order chi connectivity index (χ1) is 14.9. The summed E-state index contributed by atoms with van der Waals surface area (Å²) >= 11 is 1.27. The van der Waals surface area contributed by atoms with Crippen molar-refractivity contribution in [3.05, 3.63) is 64.0 Å². The maximum Gasteiger partial charge on any atom is 0.264 e. The van der Waals surface area contributed by atoms with E-state index in [4.69, 9.17) is 4.74 Å². The van der Waals surface area contributed by atoms with Gasteiger partial charge in [0, 0.05) is 54.5 Å². The average Bonchev–Trinajstić information content (AvgIpc) is 3.13. The number of rotatable bonds is 5. The molecule has 31 heavy (non-hydrogen) atoms. The summed E-state index contributed by atoms with van der Waals surface area (Å²) in [6, 6.07) is 9.27. The van der Waals surface area contributed by atoms with Gasteiger partial charge in [0.1, 0.15) is 11.6 Å². The van der Waals surface area contributed by atoms with Crippen molar-refractivity contribution in [3.8, 4) is 0 Å². The van der Waals surface area contributed by atoms with Gasteiger partial charge in [-0.05, 0) is 37.3 Å². The molecule has 0 unspecified atom stereocenters. The van der Waals surface area contributed by atoms with Crippen molar-refractivity contribution >= 4 is 38.8 Å². The highest BCUT2D eigenvalue weighted by Gasteiger charge is 2.28. The Hall–Kier alpha value is -2.84. The van der Waals surface area contributed by atoms with Crippen LogP contribution in [0.5, 0.6) is 0 Å². The number of hydrogen-bond acceptors (Lipinski definition) is 5. The normalized spacial score (nSPS) is 14.3. The maximum atomic E-state index is 14.5. The summed E-state index contributed by atoms with van der Waals surface area (Å²) in [5, 5.41) is 0.434. The van der Waals surface area contributed by atoms with Gasteiger partial charge in [0.05, 0.1) is 17.2 Å². The van der Waals surface area contributed by atoms with Crippen molar-refractivity contribution in [3.63, 3.8) is 0 Å². The monoisotopic (exact) mass is 444 g/mol. The number of ether oxygens (including phenoxy) is 1. The molecule has 0 atom stereocenters. The fraction of sp³-hybridized carbons (Fsp3) is 0.304. The minimum Gasteiger partial charge on any atom is -0.380 e. The first kappa shape index (κ1) is 21.4. The molecule has 1 fully saturated rings. The first-order valence-corrected chi connectivity index (χ1v) is 10.8. The molecule has 0 N–H and O–H groups in total. The lowest BCUT2D eigenvalue weighted by Gasteiger charge is -2.36. The summed E-state index contributed by atoms with van der Waals surface area (Å²) in [4.78, 5) is 28.7. The van der Waals surface area contributed by atoms with Crippen LogP contribution < -0.4 is 4.90 Å². The van der Waals surface area contributed by atoms with Gasteiger partial charge in [0.25, 0.3) is 5.91 Å². The Kier molecular flexibility index (Phi) is 6.02. The van der Waals surface area contributed by atoms with E-state index >= 15 is 0 Å². The molecule has 3 aromatic rings. The lowest BCUT2D eigenvalue weighted by Crippen LogP contribution is -2.49. The topological polar surface area (TPSA) is 49.9 Å². The van der Waals surface area contributed by atoms with Crippen LogP contribution in [0.3, 0.4) is 0 Å². The van der Waals surface area contributed by atoms with Gasteiger partial charge in [0.15, 0.2) is 5.78 Å². The van der Waals surface area contributed by atoms with Crippen LogP contribution in [0.4, 0.5) is 14.5 Å². The standard InChI is InChI=1S/C23H22F2N2O3S/c1-14(28)15-6-7-19(18(25)12-15)26-8-10-27(11-9-26)23(29)22-16(13-30-2)21-17(24)4-3-5-20(21)31-22/h3-7,12H,8-11,13H2,1-2H3. The van der Waals surface area contributed by atoms with E-state index in [0.29, 0.717) is 58.0 Å². The first-order valence-electron chi connectivity index (χ1n) is 9.94. The third kappa shape index (κ3) is 4.05. The third-order valence-corrected chi connectivity index (χ3v) is 6.69. The molecule has 0 bridgehead atoms. The Morgan fingerprint density at radius 2 is 1.81 bits per heavy atom. The number of fused-ring (bicyclic) bond motifs is 1. The van der Waals surface area contributed by atoms with Crippen LogP contribution in [-0.4, -0.2) is 49.9 Å². The van der Waals surface area contributed by atoms with Gasteiger partial charge >= 0.3 is 0 Å². The number of thiophene rings is 1. The highest BCUT2D eigenvalue weighted by Crippen LogP contribution is 2.35. The Morgan fingerprint density at radius 3 is 2.45 bits per heavy atom. The SMILES string of the molecule is COCc1c(C(=O)N2CCN(c3ccc(C(C)=O)cc3F)CC2)sc2cccc(F)c12. The fourth-order valence-corrected chi connectivity index (χ4v) is 5.09. The van der Waals surface area contributed by atoms with E-state index in [1.165, 1.54) is 37.5 Å². The van der Waals surface area contributed by atoms with Crippen molar-refractivity contribution < 1.29 is 23.1 Å². The van der Waals surface area contributed by atoms with E-state index in [1.54, 1.807) is 29.2 Å². The molecule has 4 rings (SSSR count). The average molecular weight is 445 g/mol. The molecule has 0 radical (unpaired) electrons. The van der Waals surface area contributed by atoms with Crippen LogP contribution in [0.15, 0.2) is 36.4 Å². The molecule has 0 saturated carbocycles. The summed E-state index contributed by atoms with van der Waals surface area (Å²) in [7, 11) is 1.52. The molecule has 1 aliphatic rings. The zero-order valence-corrected chi connectivity index (χ0v) is 18.1. The molecular weight excluding hydrogens is 422 g/mol. The number of nitrogens with zero attached hydrogens (tertiary/aromatic N) is 2. The smallest absolute Gasteiger partial charge is 0.264 e. The number of carbonyl (C=O) groups excluding carboxylic acids is 2.